The van der Waals surface area contributed by atoms with Crippen LogP contribution < -0.4 is 4.72 Å². The highest BCUT2D eigenvalue weighted by atomic mass is 32.2. The maximum atomic E-state index is 12.5. The van der Waals surface area contributed by atoms with Crippen molar-refractivity contribution in [2.24, 2.45) is 0 Å². The van der Waals surface area contributed by atoms with Gasteiger partial charge in [0, 0.05) is 18.3 Å². The lowest BCUT2D eigenvalue weighted by atomic mass is 9.98. The van der Waals surface area contributed by atoms with Gasteiger partial charge in [-0.15, -0.1) is 0 Å². The van der Waals surface area contributed by atoms with E-state index >= 15 is 0 Å². The minimum atomic E-state index is -3.39. The lowest BCUT2D eigenvalue weighted by Crippen LogP contribution is -2.44. The molecule has 0 saturated carbocycles. The van der Waals surface area contributed by atoms with Gasteiger partial charge in [-0.05, 0) is 32.3 Å². The number of amides is 1. The van der Waals surface area contributed by atoms with Crippen LogP contribution in [-0.2, 0) is 14.8 Å². The van der Waals surface area contributed by atoms with Gasteiger partial charge in [0.05, 0.1) is 30.7 Å². The van der Waals surface area contributed by atoms with Gasteiger partial charge in [-0.25, -0.2) is 22.6 Å². The highest BCUT2D eigenvalue weighted by molar-refractivity contribution is 7.88. The maximum Gasteiger partial charge on any atom is 0.238 e. The molecule has 8 nitrogen and oxygen atoms in total. The number of hydrogen-bond donors (Lipinski definition) is 1. The zero-order chi connectivity index (χ0) is 17.3. The minimum absolute atomic E-state index is 0.133. The first-order valence-electron chi connectivity index (χ1n) is 7.90. The molecule has 1 fully saturated rings. The number of rotatable bonds is 4. The molecular weight excluding hydrogens is 330 g/mol. The maximum absolute atomic E-state index is 12.5. The van der Waals surface area contributed by atoms with Gasteiger partial charge in [0.1, 0.15) is 0 Å². The van der Waals surface area contributed by atoms with Crippen molar-refractivity contribution in [2.75, 3.05) is 19.3 Å². The number of carbonyl (C=O) groups is 1. The fraction of sp³-hybridized carbons (Fsp3) is 0.533. The summed E-state index contributed by atoms with van der Waals surface area (Å²) >= 11 is 0. The molecule has 1 aliphatic heterocycles. The van der Waals surface area contributed by atoms with Gasteiger partial charge in [0.25, 0.3) is 0 Å². The van der Waals surface area contributed by atoms with E-state index in [2.05, 4.69) is 14.8 Å². The fourth-order valence-electron chi connectivity index (χ4n) is 3.10. The number of aryl methyl sites for hydroxylation is 1. The molecule has 1 saturated heterocycles. The summed E-state index contributed by atoms with van der Waals surface area (Å²) in [5.41, 5.74) is 2.53. The average molecular weight is 351 g/mol. The van der Waals surface area contributed by atoms with Crippen LogP contribution in [0.5, 0.6) is 0 Å². The number of carbonyl (C=O) groups excluding carboxylic acids is 1. The molecule has 2 aromatic heterocycles. The van der Waals surface area contributed by atoms with Crippen molar-refractivity contribution in [2.45, 2.75) is 32.2 Å². The predicted molar refractivity (Wildman–Crippen MR) is 88.9 cm³/mol. The van der Waals surface area contributed by atoms with Crippen LogP contribution in [0.15, 0.2) is 18.3 Å². The predicted octanol–water partition coefficient (Wildman–Crippen LogP) is 0.641. The highest BCUT2D eigenvalue weighted by Gasteiger charge is 2.29. The van der Waals surface area contributed by atoms with Gasteiger partial charge in [-0.3, -0.25) is 4.79 Å². The molecule has 2 aromatic rings. The number of nitrogens with one attached hydrogen (secondary N) is 1. The molecule has 0 aromatic carbocycles. The summed E-state index contributed by atoms with van der Waals surface area (Å²) in [5, 5.41) is 4.21. The van der Waals surface area contributed by atoms with Crippen LogP contribution in [-0.4, -0.2) is 53.2 Å². The van der Waals surface area contributed by atoms with Crippen molar-refractivity contribution in [3.05, 3.63) is 29.7 Å². The van der Waals surface area contributed by atoms with E-state index in [0.29, 0.717) is 6.54 Å². The van der Waals surface area contributed by atoms with Crippen LogP contribution in [0.25, 0.3) is 5.65 Å². The Morgan fingerprint density at radius 2 is 2.21 bits per heavy atom. The molecule has 0 radical (unpaired) electrons. The normalized spacial score (nSPS) is 18.9. The summed E-state index contributed by atoms with van der Waals surface area (Å²) in [6.45, 7) is 2.34. The number of sulfonamides is 1. The van der Waals surface area contributed by atoms with E-state index in [1.165, 1.54) is 0 Å². The van der Waals surface area contributed by atoms with Crippen LogP contribution in [0.4, 0.5) is 0 Å². The van der Waals surface area contributed by atoms with Gasteiger partial charge in [-0.2, -0.15) is 5.10 Å². The van der Waals surface area contributed by atoms with Crippen molar-refractivity contribution in [1.82, 2.24) is 24.2 Å². The van der Waals surface area contributed by atoms with Gasteiger partial charge in [0.2, 0.25) is 15.9 Å². The Kier molecular flexibility index (Phi) is 4.55. The van der Waals surface area contributed by atoms with Crippen molar-refractivity contribution >= 4 is 21.6 Å². The quantitative estimate of drug-likeness (QED) is 0.872. The molecule has 1 amide bonds. The van der Waals surface area contributed by atoms with E-state index in [9.17, 15) is 13.2 Å². The largest absolute Gasteiger partial charge is 0.333 e. The topological polar surface area (TPSA) is 96.7 Å². The lowest BCUT2D eigenvalue weighted by molar-refractivity contribution is -0.133. The van der Waals surface area contributed by atoms with Gasteiger partial charge >= 0.3 is 0 Å². The van der Waals surface area contributed by atoms with E-state index < -0.39 is 10.0 Å². The third-order valence-electron chi connectivity index (χ3n) is 4.21. The van der Waals surface area contributed by atoms with Crippen molar-refractivity contribution in [3.63, 3.8) is 0 Å². The molecule has 130 valence electrons. The number of piperidine rings is 1. The summed E-state index contributed by atoms with van der Waals surface area (Å²) in [7, 11) is -3.39. The van der Waals surface area contributed by atoms with Gasteiger partial charge in [0.15, 0.2) is 5.65 Å². The molecule has 0 aliphatic carbocycles. The van der Waals surface area contributed by atoms with E-state index in [-0.39, 0.29) is 18.5 Å². The van der Waals surface area contributed by atoms with Gasteiger partial charge < -0.3 is 4.90 Å². The van der Waals surface area contributed by atoms with Crippen LogP contribution >= 0.6 is 0 Å². The molecule has 0 bridgehead atoms. The lowest BCUT2D eigenvalue weighted by Gasteiger charge is -2.35. The van der Waals surface area contributed by atoms with E-state index in [0.717, 1.165) is 42.6 Å². The molecule has 1 atom stereocenters. The van der Waals surface area contributed by atoms with Crippen molar-refractivity contribution in [1.29, 1.82) is 0 Å². The van der Waals surface area contributed by atoms with E-state index in [1.807, 2.05) is 19.1 Å². The second kappa shape index (κ2) is 6.48. The molecular formula is C15H21N5O3S. The summed E-state index contributed by atoms with van der Waals surface area (Å²) < 4.78 is 26.5. The first-order valence-corrected chi connectivity index (χ1v) is 9.80. The molecule has 1 N–H and O–H groups in total. The van der Waals surface area contributed by atoms with Crippen LogP contribution in [0.2, 0.25) is 0 Å². The third-order valence-corrected chi connectivity index (χ3v) is 4.88. The molecule has 3 rings (SSSR count). The summed E-state index contributed by atoms with van der Waals surface area (Å²) in [4.78, 5) is 18.8. The smallest absolute Gasteiger partial charge is 0.238 e. The second-order valence-corrected chi connectivity index (χ2v) is 7.95. The number of likely N-dealkylation sites (tertiary alicyclic amines) is 1. The first kappa shape index (κ1) is 16.8. The van der Waals surface area contributed by atoms with Crippen molar-refractivity contribution in [3.8, 4) is 0 Å². The molecule has 24 heavy (non-hydrogen) atoms. The zero-order valence-corrected chi connectivity index (χ0v) is 14.6. The zero-order valence-electron chi connectivity index (χ0n) is 13.8. The van der Waals surface area contributed by atoms with Gasteiger partial charge in [-0.1, -0.05) is 0 Å². The van der Waals surface area contributed by atoms with Crippen LogP contribution in [0.3, 0.4) is 0 Å². The number of hydrogen-bond acceptors (Lipinski definition) is 5. The Hall–Kier alpha value is -2.00. The highest BCUT2D eigenvalue weighted by Crippen LogP contribution is 2.30. The number of nitrogens with zero attached hydrogens (tertiary/aromatic N) is 4. The van der Waals surface area contributed by atoms with E-state index in [4.69, 9.17) is 0 Å². The monoisotopic (exact) mass is 351 g/mol. The second-order valence-electron chi connectivity index (χ2n) is 6.12. The third kappa shape index (κ3) is 3.57. The molecule has 0 spiro atoms. The molecule has 3 heterocycles. The Morgan fingerprint density at radius 3 is 2.96 bits per heavy atom. The standard InChI is InChI=1S/C15H21N5O3S/c1-11-9-12(18-14-6-7-16-20(11)14)13-5-3-4-8-19(13)15(21)10-17-24(2,22)23/h6-7,9,13,17H,3-5,8,10H2,1-2H3/t13-/m0/s1. The number of fused-ring (bicyclic) bond motifs is 1. The summed E-state index contributed by atoms with van der Waals surface area (Å²) in [6.07, 6.45) is 5.49. The first-order chi connectivity index (χ1) is 11.3. The molecule has 0 unspecified atom stereocenters. The fourth-order valence-corrected chi connectivity index (χ4v) is 3.48. The molecule has 9 heteroatoms. The SMILES string of the molecule is Cc1cc([C@@H]2CCCCN2C(=O)CNS(C)(=O)=O)nc2ccnn12. The van der Waals surface area contributed by atoms with Crippen molar-refractivity contribution < 1.29 is 13.2 Å². The minimum Gasteiger partial charge on any atom is -0.333 e. The van der Waals surface area contributed by atoms with E-state index in [1.54, 1.807) is 15.6 Å². The van der Waals surface area contributed by atoms with Crippen LogP contribution in [0.1, 0.15) is 36.7 Å². The number of aromatic nitrogens is 3. The Bertz CT molecular complexity index is 861. The Labute approximate surface area is 140 Å². The Morgan fingerprint density at radius 1 is 1.42 bits per heavy atom. The summed E-state index contributed by atoms with van der Waals surface area (Å²) in [5.74, 6) is -0.224. The molecule has 1 aliphatic rings. The average Bonchev–Trinajstić information content (AvgIpc) is 3.01. The van der Waals surface area contributed by atoms with Crippen LogP contribution in [0, 0.1) is 6.92 Å². The summed E-state index contributed by atoms with van der Waals surface area (Å²) in [6, 6.07) is 3.64. The Balaban J connectivity index is 1.86.